The Hall–Kier alpha value is -2.29. The summed E-state index contributed by atoms with van der Waals surface area (Å²) in [6.07, 6.45) is 1.06. The minimum atomic E-state index is -0.333. The normalized spacial score (nSPS) is 10.9. The molecule has 132 valence electrons. The van der Waals surface area contributed by atoms with Crippen molar-refractivity contribution in [2.24, 2.45) is 5.92 Å². The van der Waals surface area contributed by atoms with E-state index in [-0.39, 0.29) is 17.5 Å². The molecule has 26 heavy (non-hydrogen) atoms. The molecule has 0 radical (unpaired) electrons. The first kappa shape index (κ1) is 18.5. The van der Waals surface area contributed by atoms with Crippen molar-refractivity contribution >= 4 is 29.0 Å². The molecule has 0 amide bonds. The van der Waals surface area contributed by atoms with Crippen molar-refractivity contribution in [1.29, 1.82) is 0 Å². The summed E-state index contributed by atoms with van der Waals surface area (Å²) in [6.45, 7) is 0. The molecule has 0 aliphatic carbocycles. The standard InChI is InChI=1S/C22H18Cl2O2/c23-18-7-3-5-15(13-18)11-17(12-16-6-4-8-19(24)14-16)22(26)20-9-1-2-10-21(20)25/h1-10,13-14,17,25H,11-12H2. The van der Waals surface area contributed by atoms with E-state index in [4.69, 9.17) is 23.2 Å². The maximum atomic E-state index is 13.1. The zero-order valence-corrected chi connectivity index (χ0v) is 15.5. The number of benzene rings is 3. The Morgan fingerprint density at radius 3 is 1.85 bits per heavy atom. The van der Waals surface area contributed by atoms with Crippen molar-refractivity contribution in [1.82, 2.24) is 0 Å². The van der Waals surface area contributed by atoms with Crippen LogP contribution in [0.5, 0.6) is 5.75 Å². The molecule has 3 aromatic rings. The number of halogens is 2. The maximum Gasteiger partial charge on any atom is 0.170 e. The summed E-state index contributed by atoms with van der Waals surface area (Å²) in [4.78, 5) is 13.1. The predicted molar refractivity (Wildman–Crippen MR) is 106 cm³/mol. The second-order valence-electron chi connectivity index (χ2n) is 6.25. The Labute approximate surface area is 163 Å². The maximum absolute atomic E-state index is 13.1. The third-order valence-electron chi connectivity index (χ3n) is 4.28. The van der Waals surface area contributed by atoms with Gasteiger partial charge in [-0.1, -0.05) is 59.6 Å². The van der Waals surface area contributed by atoms with Crippen LogP contribution in [0.25, 0.3) is 0 Å². The van der Waals surface area contributed by atoms with Crippen LogP contribution in [-0.2, 0) is 12.8 Å². The summed E-state index contributed by atoms with van der Waals surface area (Å²) in [5, 5.41) is 11.4. The Morgan fingerprint density at radius 1 is 0.808 bits per heavy atom. The van der Waals surface area contributed by atoms with Gasteiger partial charge in [0.05, 0.1) is 5.56 Å². The van der Waals surface area contributed by atoms with Crippen LogP contribution >= 0.6 is 23.2 Å². The minimum absolute atomic E-state index is 0.000289. The number of para-hydroxylation sites is 1. The number of aromatic hydroxyl groups is 1. The van der Waals surface area contributed by atoms with Gasteiger partial charge in [0.1, 0.15) is 5.75 Å². The highest BCUT2D eigenvalue weighted by atomic mass is 35.5. The second-order valence-corrected chi connectivity index (χ2v) is 7.12. The molecule has 0 aromatic heterocycles. The molecule has 0 unspecified atom stereocenters. The third kappa shape index (κ3) is 4.66. The Bertz CT molecular complexity index is 874. The average Bonchev–Trinajstić information content (AvgIpc) is 2.61. The van der Waals surface area contributed by atoms with E-state index in [9.17, 15) is 9.90 Å². The monoisotopic (exact) mass is 384 g/mol. The van der Waals surface area contributed by atoms with Crippen LogP contribution in [0.1, 0.15) is 21.5 Å². The number of rotatable bonds is 6. The van der Waals surface area contributed by atoms with Gasteiger partial charge in [-0.2, -0.15) is 0 Å². The molecule has 0 saturated carbocycles. The lowest BCUT2D eigenvalue weighted by atomic mass is 9.86. The molecule has 0 fully saturated rings. The van der Waals surface area contributed by atoms with Crippen LogP contribution in [0, 0.1) is 5.92 Å². The first-order valence-electron chi connectivity index (χ1n) is 8.34. The number of Topliss-reactive ketones (excluding diaryl/α,β-unsaturated/α-hetero) is 1. The molecule has 0 aliphatic heterocycles. The van der Waals surface area contributed by atoms with Gasteiger partial charge in [-0.3, -0.25) is 4.79 Å². The molecular weight excluding hydrogens is 367 g/mol. The summed E-state index contributed by atoms with van der Waals surface area (Å²) in [5.74, 6) is -0.428. The first-order chi connectivity index (χ1) is 12.5. The third-order valence-corrected chi connectivity index (χ3v) is 4.75. The topological polar surface area (TPSA) is 37.3 Å². The van der Waals surface area contributed by atoms with E-state index < -0.39 is 0 Å². The Morgan fingerprint density at radius 2 is 1.35 bits per heavy atom. The van der Waals surface area contributed by atoms with Gasteiger partial charge >= 0.3 is 0 Å². The van der Waals surface area contributed by atoms with Crippen LogP contribution in [0.2, 0.25) is 10.0 Å². The minimum Gasteiger partial charge on any atom is -0.507 e. The molecule has 0 heterocycles. The quantitative estimate of drug-likeness (QED) is 0.530. The molecule has 0 atom stereocenters. The van der Waals surface area contributed by atoms with Crippen molar-refractivity contribution in [2.45, 2.75) is 12.8 Å². The van der Waals surface area contributed by atoms with E-state index in [0.717, 1.165) is 11.1 Å². The van der Waals surface area contributed by atoms with Crippen molar-refractivity contribution in [2.75, 3.05) is 0 Å². The average molecular weight is 385 g/mol. The summed E-state index contributed by atoms with van der Waals surface area (Å²) in [6, 6.07) is 21.6. The molecule has 1 N–H and O–H groups in total. The first-order valence-corrected chi connectivity index (χ1v) is 9.09. The second kappa shape index (κ2) is 8.39. The fraction of sp³-hybridized carbons (Fsp3) is 0.136. The van der Waals surface area contributed by atoms with E-state index >= 15 is 0 Å². The highest BCUT2D eigenvalue weighted by molar-refractivity contribution is 6.30. The van der Waals surface area contributed by atoms with Crippen LogP contribution in [-0.4, -0.2) is 10.9 Å². The van der Waals surface area contributed by atoms with Gasteiger partial charge in [-0.05, 0) is 60.4 Å². The molecule has 0 aliphatic rings. The molecule has 3 rings (SSSR count). The van der Waals surface area contributed by atoms with Crippen molar-refractivity contribution in [3.05, 3.63) is 99.5 Å². The SMILES string of the molecule is O=C(c1ccccc1O)C(Cc1cccc(Cl)c1)Cc1cccc(Cl)c1. The number of hydrogen-bond donors (Lipinski definition) is 1. The lowest BCUT2D eigenvalue weighted by Crippen LogP contribution is -2.20. The fourth-order valence-electron chi connectivity index (χ4n) is 3.06. The molecule has 3 aromatic carbocycles. The smallest absolute Gasteiger partial charge is 0.170 e. The summed E-state index contributed by atoms with van der Waals surface area (Å²) < 4.78 is 0. The van der Waals surface area contributed by atoms with Crippen LogP contribution < -0.4 is 0 Å². The highest BCUT2D eigenvalue weighted by Gasteiger charge is 2.23. The van der Waals surface area contributed by atoms with Crippen LogP contribution in [0.15, 0.2) is 72.8 Å². The molecule has 2 nitrogen and oxygen atoms in total. The van der Waals surface area contributed by atoms with E-state index in [1.165, 1.54) is 6.07 Å². The van der Waals surface area contributed by atoms with Gasteiger partial charge in [0.25, 0.3) is 0 Å². The lowest BCUT2D eigenvalue weighted by molar-refractivity contribution is 0.0915. The lowest BCUT2D eigenvalue weighted by Gasteiger charge is -2.17. The number of hydrogen-bond acceptors (Lipinski definition) is 2. The van der Waals surface area contributed by atoms with E-state index in [0.29, 0.717) is 28.5 Å². The van der Waals surface area contributed by atoms with Gasteiger partial charge in [0.15, 0.2) is 5.78 Å². The Kier molecular flexibility index (Phi) is 5.97. The van der Waals surface area contributed by atoms with E-state index in [2.05, 4.69) is 0 Å². The van der Waals surface area contributed by atoms with Crippen molar-refractivity contribution in [3.63, 3.8) is 0 Å². The number of carbonyl (C=O) groups is 1. The van der Waals surface area contributed by atoms with Crippen molar-refractivity contribution < 1.29 is 9.90 Å². The fourth-order valence-corrected chi connectivity index (χ4v) is 3.48. The van der Waals surface area contributed by atoms with E-state index in [1.807, 2.05) is 48.5 Å². The Balaban J connectivity index is 1.92. The predicted octanol–water partition coefficient (Wildman–Crippen LogP) is 5.98. The van der Waals surface area contributed by atoms with Crippen LogP contribution in [0.3, 0.4) is 0 Å². The molecular formula is C22H18Cl2O2. The van der Waals surface area contributed by atoms with Crippen LogP contribution in [0.4, 0.5) is 0 Å². The van der Waals surface area contributed by atoms with Gasteiger partial charge in [0, 0.05) is 16.0 Å². The van der Waals surface area contributed by atoms with Gasteiger partial charge in [-0.25, -0.2) is 0 Å². The van der Waals surface area contributed by atoms with Gasteiger partial charge in [-0.15, -0.1) is 0 Å². The molecule has 4 heteroatoms. The summed E-state index contributed by atoms with van der Waals surface area (Å²) >= 11 is 12.2. The van der Waals surface area contributed by atoms with Crippen molar-refractivity contribution in [3.8, 4) is 5.75 Å². The zero-order chi connectivity index (χ0) is 18.5. The number of phenols is 1. The summed E-state index contributed by atoms with van der Waals surface area (Å²) in [7, 11) is 0. The molecule has 0 spiro atoms. The number of ketones is 1. The largest absolute Gasteiger partial charge is 0.507 e. The molecule has 0 saturated heterocycles. The molecule has 0 bridgehead atoms. The number of phenolic OH excluding ortho intramolecular Hbond substituents is 1. The highest BCUT2D eigenvalue weighted by Crippen LogP contribution is 2.26. The number of carbonyl (C=O) groups excluding carboxylic acids is 1. The zero-order valence-electron chi connectivity index (χ0n) is 14.0. The van der Waals surface area contributed by atoms with E-state index in [1.54, 1.807) is 18.2 Å². The van der Waals surface area contributed by atoms with Gasteiger partial charge in [0.2, 0.25) is 0 Å². The van der Waals surface area contributed by atoms with Gasteiger partial charge < -0.3 is 5.11 Å². The summed E-state index contributed by atoms with van der Waals surface area (Å²) in [5.41, 5.74) is 2.29.